The summed E-state index contributed by atoms with van der Waals surface area (Å²) in [4.78, 5) is 10.3. The Labute approximate surface area is 106 Å². The predicted octanol–water partition coefficient (Wildman–Crippen LogP) is 0.598. The Kier molecular flexibility index (Phi) is 4.38. The fourth-order valence-electron chi connectivity index (χ4n) is 1.63. The molecule has 18 heavy (non-hydrogen) atoms. The number of pyridine rings is 1. The highest BCUT2D eigenvalue weighted by Gasteiger charge is 2.07. The zero-order valence-corrected chi connectivity index (χ0v) is 10.4. The highest BCUT2D eigenvalue weighted by Crippen LogP contribution is 2.03. The van der Waals surface area contributed by atoms with Gasteiger partial charge in [-0.2, -0.15) is 4.98 Å². The van der Waals surface area contributed by atoms with Crippen LogP contribution in [0.5, 0.6) is 0 Å². The van der Waals surface area contributed by atoms with Crippen molar-refractivity contribution < 1.29 is 4.52 Å². The van der Waals surface area contributed by atoms with Gasteiger partial charge in [-0.05, 0) is 31.2 Å². The Hall–Kier alpha value is -1.79. The summed E-state index contributed by atoms with van der Waals surface area (Å²) < 4.78 is 4.96. The van der Waals surface area contributed by atoms with Crippen molar-refractivity contribution in [2.24, 2.45) is 5.73 Å². The van der Waals surface area contributed by atoms with Gasteiger partial charge < -0.3 is 10.3 Å². The lowest BCUT2D eigenvalue weighted by atomic mass is 10.2. The van der Waals surface area contributed by atoms with Crippen molar-refractivity contribution in [2.75, 3.05) is 13.6 Å². The lowest BCUT2D eigenvalue weighted by molar-refractivity contribution is 0.310. The maximum atomic E-state index is 5.41. The summed E-state index contributed by atoms with van der Waals surface area (Å²) in [6.07, 6.45) is 4.59. The molecule has 0 aliphatic rings. The van der Waals surface area contributed by atoms with Crippen LogP contribution in [-0.4, -0.2) is 33.6 Å². The molecule has 96 valence electrons. The molecular formula is C12H17N5O. The number of likely N-dealkylation sites (N-methyl/N-ethyl adjacent to an activating group) is 1. The molecular weight excluding hydrogens is 230 g/mol. The van der Waals surface area contributed by atoms with E-state index in [0.29, 0.717) is 18.3 Å². The zero-order valence-electron chi connectivity index (χ0n) is 10.4. The Morgan fingerprint density at radius 2 is 2.11 bits per heavy atom. The van der Waals surface area contributed by atoms with Crippen LogP contribution >= 0.6 is 0 Å². The van der Waals surface area contributed by atoms with E-state index in [2.05, 4.69) is 20.0 Å². The number of rotatable bonds is 6. The Balaban J connectivity index is 1.80. The molecule has 0 aliphatic heterocycles. The van der Waals surface area contributed by atoms with E-state index in [1.807, 2.05) is 31.6 Å². The van der Waals surface area contributed by atoms with Crippen LogP contribution in [0.3, 0.4) is 0 Å². The average molecular weight is 247 g/mol. The molecule has 0 saturated carbocycles. The summed E-state index contributed by atoms with van der Waals surface area (Å²) in [7, 11) is 2.03. The Morgan fingerprint density at radius 1 is 1.33 bits per heavy atom. The molecule has 0 amide bonds. The number of hydrogen-bond acceptors (Lipinski definition) is 6. The highest BCUT2D eigenvalue weighted by atomic mass is 16.5. The second-order valence-corrected chi connectivity index (χ2v) is 4.15. The van der Waals surface area contributed by atoms with Gasteiger partial charge in [-0.1, -0.05) is 5.16 Å². The minimum atomic E-state index is 0.285. The first-order valence-corrected chi connectivity index (χ1v) is 5.87. The van der Waals surface area contributed by atoms with Gasteiger partial charge in [0.25, 0.3) is 0 Å². The van der Waals surface area contributed by atoms with E-state index >= 15 is 0 Å². The van der Waals surface area contributed by atoms with Crippen LogP contribution in [0, 0.1) is 0 Å². The van der Waals surface area contributed by atoms with Gasteiger partial charge in [0.1, 0.15) is 0 Å². The first kappa shape index (κ1) is 12.7. The van der Waals surface area contributed by atoms with E-state index in [9.17, 15) is 0 Å². The molecule has 0 fully saturated rings. The van der Waals surface area contributed by atoms with Crippen LogP contribution in [0.2, 0.25) is 0 Å². The lowest BCUT2D eigenvalue weighted by Gasteiger charge is -2.13. The molecule has 6 nitrogen and oxygen atoms in total. The van der Waals surface area contributed by atoms with Gasteiger partial charge >= 0.3 is 0 Å². The predicted molar refractivity (Wildman–Crippen MR) is 66.5 cm³/mol. The van der Waals surface area contributed by atoms with Gasteiger partial charge in [0.05, 0.1) is 13.1 Å². The SMILES string of the molecule is CN(CCc1ccncc1)Cc1noc(CN)n1. The van der Waals surface area contributed by atoms with Crippen LogP contribution in [0.25, 0.3) is 0 Å². The van der Waals surface area contributed by atoms with Crippen LogP contribution in [0.1, 0.15) is 17.3 Å². The van der Waals surface area contributed by atoms with Gasteiger partial charge in [-0.3, -0.25) is 9.88 Å². The molecule has 2 aromatic rings. The molecule has 0 saturated heterocycles. The standard InChI is InChI=1S/C12H17N5O/c1-17(7-4-10-2-5-14-6-3-10)9-11-15-12(8-13)18-16-11/h2-3,5-6H,4,7-9,13H2,1H3. The van der Waals surface area contributed by atoms with E-state index in [1.165, 1.54) is 5.56 Å². The maximum Gasteiger partial charge on any atom is 0.240 e. The molecule has 2 N–H and O–H groups in total. The van der Waals surface area contributed by atoms with Crippen molar-refractivity contribution >= 4 is 0 Å². The second-order valence-electron chi connectivity index (χ2n) is 4.15. The highest BCUT2D eigenvalue weighted by molar-refractivity contribution is 5.09. The van der Waals surface area contributed by atoms with Crippen molar-refractivity contribution in [3.8, 4) is 0 Å². The molecule has 0 bridgehead atoms. The Bertz CT molecular complexity index is 470. The molecule has 2 rings (SSSR count). The fraction of sp³-hybridized carbons (Fsp3) is 0.417. The van der Waals surface area contributed by atoms with Gasteiger partial charge in [-0.15, -0.1) is 0 Å². The van der Waals surface area contributed by atoms with E-state index in [-0.39, 0.29) is 6.54 Å². The van der Waals surface area contributed by atoms with Crippen molar-refractivity contribution in [1.29, 1.82) is 0 Å². The lowest BCUT2D eigenvalue weighted by Crippen LogP contribution is -2.21. The van der Waals surface area contributed by atoms with Crippen LogP contribution in [0.15, 0.2) is 29.0 Å². The molecule has 2 heterocycles. The molecule has 0 atom stereocenters. The van der Waals surface area contributed by atoms with Gasteiger partial charge in [-0.25, -0.2) is 0 Å². The van der Waals surface area contributed by atoms with Crippen LogP contribution in [0.4, 0.5) is 0 Å². The second kappa shape index (κ2) is 6.23. The third-order valence-electron chi connectivity index (χ3n) is 2.63. The van der Waals surface area contributed by atoms with E-state index < -0.39 is 0 Å². The molecule has 0 aromatic carbocycles. The van der Waals surface area contributed by atoms with E-state index in [4.69, 9.17) is 10.3 Å². The number of hydrogen-bond donors (Lipinski definition) is 1. The number of nitrogens with two attached hydrogens (primary N) is 1. The normalized spacial score (nSPS) is 11.1. The topological polar surface area (TPSA) is 81.1 Å². The number of aromatic nitrogens is 3. The molecule has 0 radical (unpaired) electrons. The van der Waals surface area contributed by atoms with Crippen LogP contribution < -0.4 is 5.73 Å². The summed E-state index contributed by atoms with van der Waals surface area (Å²) in [6, 6.07) is 4.05. The summed E-state index contributed by atoms with van der Waals surface area (Å²) in [6.45, 7) is 1.87. The monoisotopic (exact) mass is 247 g/mol. The maximum absolute atomic E-state index is 5.41. The minimum Gasteiger partial charge on any atom is -0.338 e. The quantitative estimate of drug-likeness (QED) is 0.805. The molecule has 0 unspecified atom stereocenters. The molecule has 0 aliphatic carbocycles. The van der Waals surface area contributed by atoms with Crippen LogP contribution in [-0.2, 0) is 19.5 Å². The Morgan fingerprint density at radius 3 is 2.78 bits per heavy atom. The average Bonchev–Trinajstić information content (AvgIpc) is 2.85. The summed E-state index contributed by atoms with van der Waals surface area (Å²) >= 11 is 0. The fourth-order valence-corrected chi connectivity index (χ4v) is 1.63. The van der Waals surface area contributed by atoms with Crippen molar-refractivity contribution in [1.82, 2.24) is 20.0 Å². The van der Waals surface area contributed by atoms with Gasteiger partial charge in [0, 0.05) is 18.9 Å². The largest absolute Gasteiger partial charge is 0.338 e. The zero-order chi connectivity index (χ0) is 12.8. The third-order valence-corrected chi connectivity index (χ3v) is 2.63. The molecule has 6 heteroatoms. The summed E-state index contributed by atoms with van der Waals surface area (Å²) in [5, 5.41) is 3.86. The van der Waals surface area contributed by atoms with Crippen molar-refractivity contribution in [3.63, 3.8) is 0 Å². The minimum absolute atomic E-state index is 0.285. The van der Waals surface area contributed by atoms with E-state index in [1.54, 1.807) is 0 Å². The molecule has 0 spiro atoms. The van der Waals surface area contributed by atoms with Gasteiger partial charge in [0.2, 0.25) is 5.89 Å². The van der Waals surface area contributed by atoms with Crippen molar-refractivity contribution in [3.05, 3.63) is 41.8 Å². The number of nitrogens with zero attached hydrogens (tertiary/aromatic N) is 4. The summed E-state index contributed by atoms with van der Waals surface area (Å²) in [5.41, 5.74) is 6.68. The first-order chi connectivity index (χ1) is 8.78. The van der Waals surface area contributed by atoms with Crippen molar-refractivity contribution in [2.45, 2.75) is 19.5 Å². The first-order valence-electron chi connectivity index (χ1n) is 5.87. The van der Waals surface area contributed by atoms with E-state index in [0.717, 1.165) is 13.0 Å². The molecule has 2 aromatic heterocycles. The smallest absolute Gasteiger partial charge is 0.240 e. The summed E-state index contributed by atoms with van der Waals surface area (Å²) in [5.74, 6) is 1.15. The third kappa shape index (κ3) is 3.61. The van der Waals surface area contributed by atoms with Gasteiger partial charge in [0.15, 0.2) is 5.82 Å².